The number of hydrogen-bond acceptors (Lipinski definition) is 5. The Bertz CT molecular complexity index is 986. The largest absolute Gasteiger partial charge is 0.487 e. The zero-order valence-corrected chi connectivity index (χ0v) is 14.2. The van der Waals surface area contributed by atoms with E-state index in [1.807, 2.05) is 36.4 Å². The number of benzene rings is 2. The molecule has 1 heterocycles. The summed E-state index contributed by atoms with van der Waals surface area (Å²) in [7, 11) is 0. The third-order valence-electron chi connectivity index (χ3n) is 4.11. The van der Waals surface area contributed by atoms with Crippen LogP contribution in [0, 0.1) is 0 Å². The second-order valence-corrected chi connectivity index (χ2v) is 6.08. The third-order valence-corrected chi connectivity index (χ3v) is 4.11. The molecule has 0 bridgehead atoms. The van der Waals surface area contributed by atoms with Gasteiger partial charge in [-0.05, 0) is 29.8 Å². The molecule has 0 spiro atoms. The molecule has 0 fully saturated rings. The van der Waals surface area contributed by atoms with E-state index in [4.69, 9.17) is 14.9 Å². The third kappa shape index (κ3) is 4.04. The van der Waals surface area contributed by atoms with Gasteiger partial charge in [0, 0.05) is 11.8 Å². The Morgan fingerprint density at radius 3 is 2.44 bits per heavy atom. The monoisotopic (exact) mass is 367 g/mol. The quantitative estimate of drug-likeness (QED) is 0.548. The van der Waals surface area contributed by atoms with Gasteiger partial charge in [-0.15, -0.1) is 0 Å². The van der Waals surface area contributed by atoms with Gasteiger partial charge < -0.3 is 20.1 Å². The molecular weight excluding hydrogens is 350 g/mol. The zero-order valence-electron chi connectivity index (χ0n) is 14.2. The van der Waals surface area contributed by atoms with Crippen LogP contribution in [0.25, 0.3) is 10.9 Å². The van der Waals surface area contributed by atoms with Crippen molar-refractivity contribution in [2.24, 2.45) is 0 Å². The van der Waals surface area contributed by atoms with Gasteiger partial charge in [-0.1, -0.05) is 36.4 Å². The lowest BCUT2D eigenvalue weighted by Crippen LogP contribution is -2.48. The van der Waals surface area contributed by atoms with Crippen LogP contribution in [0.15, 0.2) is 60.7 Å². The maximum atomic E-state index is 11.1. The Morgan fingerprint density at radius 2 is 1.70 bits per heavy atom. The molecule has 3 rings (SSSR count). The minimum atomic E-state index is -2.89. The van der Waals surface area contributed by atoms with E-state index in [1.165, 1.54) is 12.1 Å². The van der Waals surface area contributed by atoms with Crippen LogP contribution >= 0.6 is 0 Å². The summed E-state index contributed by atoms with van der Waals surface area (Å²) in [5, 5.41) is 28.9. The fourth-order valence-corrected chi connectivity index (χ4v) is 2.63. The number of pyridine rings is 1. The highest BCUT2D eigenvalue weighted by Crippen LogP contribution is 2.21. The normalized spacial score (nSPS) is 11.3. The summed E-state index contributed by atoms with van der Waals surface area (Å²) in [5.41, 5.74) is -1.00. The number of aromatic nitrogens is 1. The number of rotatable bonds is 7. The molecule has 27 heavy (non-hydrogen) atoms. The Labute approximate surface area is 154 Å². The van der Waals surface area contributed by atoms with E-state index in [-0.39, 0.29) is 6.61 Å². The van der Waals surface area contributed by atoms with E-state index in [1.54, 1.807) is 12.1 Å². The van der Waals surface area contributed by atoms with E-state index in [2.05, 4.69) is 4.98 Å². The summed E-state index contributed by atoms with van der Waals surface area (Å²) < 4.78 is 5.68. The highest BCUT2D eigenvalue weighted by atomic mass is 16.5. The lowest BCUT2D eigenvalue weighted by molar-refractivity contribution is -0.175. The van der Waals surface area contributed by atoms with Crippen molar-refractivity contribution in [2.75, 3.05) is 0 Å². The van der Waals surface area contributed by atoms with Crippen molar-refractivity contribution < 1.29 is 29.6 Å². The number of carboxylic acid groups (broad SMARTS) is 2. The van der Waals surface area contributed by atoms with Gasteiger partial charge in [0.15, 0.2) is 0 Å². The van der Waals surface area contributed by atoms with E-state index in [0.29, 0.717) is 17.0 Å². The lowest BCUT2D eigenvalue weighted by Gasteiger charge is -2.18. The molecule has 3 aromatic rings. The molecule has 1 aromatic heterocycles. The molecule has 0 aliphatic heterocycles. The van der Waals surface area contributed by atoms with Crippen molar-refractivity contribution in [2.45, 2.75) is 18.6 Å². The summed E-state index contributed by atoms with van der Waals surface area (Å²) >= 11 is 0. The molecule has 0 aliphatic carbocycles. The number of carbonyl (C=O) groups is 2. The standard InChI is InChI=1S/C20H17NO6/c22-18(23)20(26,19(24)25)11-13-4-3-6-16(10-13)27-12-15-9-8-14-5-1-2-7-17(14)21-15/h1-10,26H,11-12H2,(H,22,23)(H,24,25). The molecular formula is C20H17NO6. The fraction of sp³-hybridized carbons (Fsp3) is 0.150. The predicted molar refractivity (Wildman–Crippen MR) is 96.4 cm³/mol. The first kappa shape index (κ1) is 18.3. The summed E-state index contributed by atoms with van der Waals surface area (Å²) in [4.78, 5) is 26.7. The number of ether oxygens (including phenoxy) is 1. The maximum Gasteiger partial charge on any atom is 0.347 e. The van der Waals surface area contributed by atoms with Gasteiger partial charge in [-0.3, -0.25) is 0 Å². The second kappa shape index (κ2) is 7.43. The molecule has 3 N–H and O–H groups in total. The summed E-state index contributed by atoms with van der Waals surface area (Å²) in [6.07, 6.45) is -0.580. The topological polar surface area (TPSA) is 117 Å². The van der Waals surface area contributed by atoms with Crippen LogP contribution in [-0.2, 0) is 22.6 Å². The van der Waals surface area contributed by atoms with Crippen molar-refractivity contribution in [3.05, 3.63) is 71.9 Å². The Balaban J connectivity index is 1.73. The minimum absolute atomic E-state index is 0.191. The first-order valence-corrected chi connectivity index (χ1v) is 8.14. The average Bonchev–Trinajstić information content (AvgIpc) is 2.66. The van der Waals surface area contributed by atoms with E-state index >= 15 is 0 Å². The Kier molecular flexibility index (Phi) is 5.05. The average molecular weight is 367 g/mol. The number of aliphatic hydroxyl groups is 1. The molecule has 0 amide bonds. The zero-order chi connectivity index (χ0) is 19.4. The first-order valence-electron chi connectivity index (χ1n) is 8.14. The molecule has 0 aliphatic rings. The Morgan fingerprint density at radius 1 is 0.963 bits per heavy atom. The second-order valence-electron chi connectivity index (χ2n) is 6.08. The van der Waals surface area contributed by atoms with Gasteiger partial charge in [0.1, 0.15) is 12.4 Å². The maximum absolute atomic E-state index is 11.1. The van der Waals surface area contributed by atoms with Crippen molar-refractivity contribution in [1.82, 2.24) is 4.98 Å². The van der Waals surface area contributed by atoms with Gasteiger partial charge in [-0.25, -0.2) is 14.6 Å². The van der Waals surface area contributed by atoms with Crippen LogP contribution in [0.2, 0.25) is 0 Å². The molecule has 0 unspecified atom stereocenters. The summed E-state index contributed by atoms with van der Waals surface area (Å²) in [5.74, 6) is -3.22. The molecule has 0 radical (unpaired) electrons. The number of aliphatic carboxylic acids is 2. The van der Waals surface area contributed by atoms with Gasteiger partial charge >= 0.3 is 11.9 Å². The van der Waals surface area contributed by atoms with Crippen LogP contribution in [0.5, 0.6) is 5.75 Å². The molecule has 0 atom stereocenters. The first-order chi connectivity index (χ1) is 12.9. The highest BCUT2D eigenvalue weighted by molar-refractivity contribution is 6.01. The number of para-hydroxylation sites is 1. The molecule has 7 nitrogen and oxygen atoms in total. The van der Waals surface area contributed by atoms with Crippen LogP contribution < -0.4 is 4.74 Å². The summed E-state index contributed by atoms with van der Waals surface area (Å²) in [6.45, 7) is 0.191. The molecule has 138 valence electrons. The molecule has 0 saturated carbocycles. The number of hydrogen-bond donors (Lipinski definition) is 3. The van der Waals surface area contributed by atoms with Crippen molar-refractivity contribution in [3.8, 4) is 5.75 Å². The van der Waals surface area contributed by atoms with Gasteiger partial charge in [0.25, 0.3) is 5.60 Å². The SMILES string of the molecule is O=C(O)C(O)(Cc1cccc(OCc2ccc3ccccc3n2)c1)C(=O)O. The fourth-order valence-electron chi connectivity index (χ4n) is 2.63. The highest BCUT2D eigenvalue weighted by Gasteiger charge is 2.44. The molecule has 2 aromatic carbocycles. The van der Waals surface area contributed by atoms with E-state index < -0.39 is 24.0 Å². The van der Waals surface area contributed by atoms with E-state index in [9.17, 15) is 14.7 Å². The van der Waals surface area contributed by atoms with Crippen molar-refractivity contribution in [1.29, 1.82) is 0 Å². The van der Waals surface area contributed by atoms with E-state index in [0.717, 1.165) is 10.9 Å². The van der Waals surface area contributed by atoms with Crippen LogP contribution in [-0.4, -0.2) is 37.8 Å². The van der Waals surface area contributed by atoms with Gasteiger partial charge in [-0.2, -0.15) is 0 Å². The summed E-state index contributed by atoms with van der Waals surface area (Å²) in [6, 6.07) is 17.8. The predicted octanol–water partition coefficient (Wildman–Crippen LogP) is 2.26. The smallest absolute Gasteiger partial charge is 0.347 e. The number of fused-ring (bicyclic) bond motifs is 1. The Hall–Kier alpha value is -3.45. The minimum Gasteiger partial charge on any atom is -0.487 e. The van der Waals surface area contributed by atoms with Crippen LogP contribution in [0.4, 0.5) is 0 Å². The van der Waals surface area contributed by atoms with Crippen molar-refractivity contribution in [3.63, 3.8) is 0 Å². The van der Waals surface area contributed by atoms with Gasteiger partial charge in [0.05, 0.1) is 11.2 Å². The molecule has 0 saturated heterocycles. The van der Waals surface area contributed by atoms with Crippen LogP contribution in [0.1, 0.15) is 11.3 Å². The van der Waals surface area contributed by atoms with Gasteiger partial charge in [0.2, 0.25) is 0 Å². The van der Waals surface area contributed by atoms with Crippen LogP contribution in [0.3, 0.4) is 0 Å². The number of carboxylic acids is 2. The molecule has 7 heteroatoms. The lowest BCUT2D eigenvalue weighted by atomic mass is 9.94. The number of nitrogens with zero attached hydrogens (tertiary/aromatic N) is 1. The van der Waals surface area contributed by atoms with Crippen molar-refractivity contribution >= 4 is 22.8 Å².